The van der Waals surface area contributed by atoms with E-state index >= 15 is 0 Å². The van der Waals surface area contributed by atoms with Crippen molar-refractivity contribution in [2.45, 2.75) is 52.4 Å². The first kappa shape index (κ1) is 12.8. The van der Waals surface area contributed by atoms with Crippen LogP contribution in [0.25, 0.3) is 0 Å². The van der Waals surface area contributed by atoms with Crippen molar-refractivity contribution >= 4 is 28.9 Å². The first-order valence-corrected chi connectivity index (χ1v) is 9.94. The van der Waals surface area contributed by atoms with E-state index in [1.54, 1.807) is 3.59 Å². The third-order valence-electron chi connectivity index (χ3n) is 1.87. The minimum atomic E-state index is -0.636. The molecule has 0 amide bonds. The molecule has 2 heteroatoms. The van der Waals surface area contributed by atoms with Crippen LogP contribution >= 0.6 is 8.92 Å². The van der Waals surface area contributed by atoms with Crippen LogP contribution in [0, 0.1) is 0 Å². The van der Waals surface area contributed by atoms with Crippen molar-refractivity contribution in [2.75, 3.05) is 0 Å². The Balaban J connectivity index is 3.55. The van der Waals surface area contributed by atoms with Crippen molar-refractivity contribution in [1.82, 2.24) is 0 Å². The predicted molar refractivity (Wildman–Crippen MR) is 58.7 cm³/mol. The number of hydrogen-bond donors (Lipinski definition) is 0. The van der Waals surface area contributed by atoms with Crippen LogP contribution in [-0.4, -0.2) is 20.0 Å². The molecule has 0 aliphatic rings. The fourth-order valence-electron chi connectivity index (χ4n) is 1.04. The summed E-state index contributed by atoms with van der Waals surface area (Å²) in [5.74, 6) is 0. The van der Waals surface area contributed by atoms with Gasteiger partial charge in [0, 0.05) is 0 Å². The topological polar surface area (TPSA) is 0 Å². The molecule has 0 spiro atoms. The number of hydrogen-bond acceptors (Lipinski definition) is 0. The number of rotatable bonds is 7. The molecule has 0 rings (SSSR count). The van der Waals surface area contributed by atoms with Crippen molar-refractivity contribution in [1.29, 1.82) is 0 Å². The summed E-state index contributed by atoms with van der Waals surface area (Å²) in [4.78, 5) is 0. The third-order valence-corrected chi connectivity index (χ3v) is 5.49. The van der Waals surface area contributed by atoms with Crippen LogP contribution < -0.4 is 0 Å². The zero-order chi connectivity index (χ0) is 9.23. The molecule has 0 atom stereocenters. The van der Waals surface area contributed by atoms with Crippen molar-refractivity contribution < 1.29 is 0 Å². The van der Waals surface area contributed by atoms with E-state index in [1.165, 1.54) is 38.5 Å². The zero-order valence-corrected chi connectivity index (χ0v) is 11.8. The maximum absolute atomic E-state index is 5.98. The Morgan fingerprint density at radius 1 is 1.25 bits per heavy atom. The Kier molecular flexibility index (Phi) is 10.6. The molecule has 0 bridgehead atoms. The summed E-state index contributed by atoms with van der Waals surface area (Å²) in [6.45, 7) is 4.48. The SMILES string of the molecule is CCCCC=[C](CCCC)[Sn][Cl]. The van der Waals surface area contributed by atoms with Crippen molar-refractivity contribution in [2.24, 2.45) is 0 Å². The summed E-state index contributed by atoms with van der Waals surface area (Å²) < 4.78 is 1.61. The van der Waals surface area contributed by atoms with E-state index in [2.05, 4.69) is 19.9 Å². The van der Waals surface area contributed by atoms with Gasteiger partial charge in [0.15, 0.2) is 0 Å². The molecule has 0 saturated carbocycles. The molecule has 0 aliphatic carbocycles. The van der Waals surface area contributed by atoms with E-state index < -0.39 is 20.0 Å². The molecule has 0 unspecified atom stereocenters. The Hall–Kier alpha value is 0.829. The van der Waals surface area contributed by atoms with Crippen LogP contribution in [0.3, 0.4) is 0 Å². The van der Waals surface area contributed by atoms with Gasteiger partial charge >= 0.3 is 91.0 Å². The van der Waals surface area contributed by atoms with Crippen LogP contribution in [0.2, 0.25) is 0 Å². The molecule has 0 heterocycles. The summed E-state index contributed by atoms with van der Waals surface area (Å²) in [5, 5.41) is 0. The van der Waals surface area contributed by atoms with Crippen LogP contribution in [-0.2, 0) is 0 Å². The second-order valence-electron chi connectivity index (χ2n) is 3.07. The monoisotopic (exact) mass is 294 g/mol. The molecular formula is C10H19ClSn. The van der Waals surface area contributed by atoms with Crippen molar-refractivity contribution in [3.63, 3.8) is 0 Å². The van der Waals surface area contributed by atoms with E-state index in [0.29, 0.717) is 0 Å². The molecule has 70 valence electrons. The third kappa shape index (κ3) is 7.48. The Morgan fingerprint density at radius 2 is 1.92 bits per heavy atom. The van der Waals surface area contributed by atoms with Gasteiger partial charge in [0.25, 0.3) is 0 Å². The molecule has 0 aromatic heterocycles. The van der Waals surface area contributed by atoms with Crippen molar-refractivity contribution in [3.8, 4) is 0 Å². The first-order valence-electron chi connectivity index (χ1n) is 4.90. The normalized spacial score (nSPS) is 12.1. The summed E-state index contributed by atoms with van der Waals surface area (Å²) in [6.07, 6.45) is 10.2. The van der Waals surface area contributed by atoms with Crippen LogP contribution in [0.4, 0.5) is 0 Å². The molecule has 12 heavy (non-hydrogen) atoms. The van der Waals surface area contributed by atoms with Gasteiger partial charge in [0.1, 0.15) is 0 Å². The second-order valence-corrected chi connectivity index (χ2v) is 6.71. The molecule has 0 aromatic carbocycles. The molecule has 2 radical (unpaired) electrons. The zero-order valence-electron chi connectivity index (χ0n) is 8.20. The molecule has 0 aromatic rings. The van der Waals surface area contributed by atoms with Gasteiger partial charge in [0.05, 0.1) is 0 Å². The minimum absolute atomic E-state index is 0.636. The summed E-state index contributed by atoms with van der Waals surface area (Å²) in [6, 6.07) is 0. The molecule has 0 saturated heterocycles. The average Bonchev–Trinajstić information content (AvgIpc) is 2.11. The van der Waals surface area contributed by atoms with Gasteiger partial charge in [-0.25, -0.2) is 0 Å². The van der Waals surface area contributed by atoms with Gasteiger partial charge in [-0.05, 0) is 0 Å². The summed E-state index contributed by atoms with van der Waals surface area (Å²) in [5.41, 5.74) is 0. The Labute approximate surface area is 90.7 Å². The average molecular weight is 293 g/mol. The van der Waals surface area contributed by atoms with Gasteiger partial charge in [-0.3, -0.25) is 0 Å². The van der Waals surface area contributed by atoms with Gasteiger partial charge in [-0.15, -0.1) is 0 Å². The number of halogens is 1. The van der Waals surface area contributed by atoms with Crippen LogP contribution in [0.15, 0.2) is 9.67 Å². The standard InChI is InChI=1S/C10H19.ClH.Sn/c1-3-5-7-9-10-8-6-4-2;;/h9H,3-8H2,1-2H3;1H;/q;;+1/p-1. The van der Waals surface area contributed by atoms with Crippen LogP contribution in [0.5, 0.6) is 0 Å². The van der Waals surface area contributed by atoms with E-state index in [-0.39, 0.29) is 0 Å². The van der Waals surface area contributed by atoms with Gasteiger partial charge in [-0.1, -0.05) is 0 Å². The van der Waals surface area contributed by atoms with E-state index in [0.717, 1.165) is 0 Å². The Bertz CT molecular complexity index is 121. The Morgan fingerprint density at radius 3 is 2.42 bits per heavy atom. The molecule has 0 nitrogen and oxygen atoms in total. The summed E-state index contributed by atoms with van der Waals surface area (Å²) >= 11 is -0.636. The first-order chi connectivity index (χ1) is 5.85. The molecule has 0 aliphatic heterocycles. The van der Waals surface area contributed by atoms with Gasteiger partial charge in [0.2, 0.25) is 0 Å². The number of unbranched alkanes of at least 4 members (excludes halogenated alkanes) is 3. The van der Waals surface area contributed by atoms with E-state index in [9.17, 15) is 0 Å². The fourth-order valence-corrected chi connectivity index (χ4v) is 3.59. The maximum atomic E-state index is 5.98. The number of allylic oxidation sites excluding steroid dienone is 2. The van der Waals surface area contributed by atoms with Crippen molar-refractivity contribution in [3.05, 3.63) is 9.67 Å². The summed E-state index contributed by atoms with van der Waals surface area (Å²) in [7, 11) is 5.98. The van der Waals surface area contributed by atoms with Gasteiger partial charge in [-0.2, -0.15) is 0 Å². The van der Waals surface area contributed by atoms with Gasteiger partial charge < -0.3 is 0 Å². The predicted octanol–water partition coefficient (Wildman–Crippen LogP) is 4.11. The van der Waals surface area contributed by atoms with E-state index in [1.807, 2.05) is 0 Å². The fraction of sp³-hybridized carbons (Fsp3) is 0.800. The second kappa shape index (κ2) is 9.91. The molecule has 0 fully saturated rings. The molecular weight excluding hydrogens is 274 g/mol. The molecule has 0 N–H and O–H groups in total. The van der Waals surface area contributed by atoms with E-state index in [4.69, 9.17) is 8.92 Å². The quantitative estimate of drug-likeness (QED) is 0.489. The van der Waals surface area contributed by atoms with Crippen LogP contribution in [0.1, 0.15) is 52.4 Å².